The van der Waals surface area contributed by atoms with Crippen molar-refractivity contribution in [2.75, 3.05) is 14.2 Å². The summed E-state index contributed by atoms with van der Waals surface area (Å²) in [5.41, 5.74) is 0.795. The van der Waals surface area contributed by atoms with Gasteiger partial charge in [-0.2, -0.15) is 9.97 Å². The van der Waals surface area contributed by atoms with Gasteiger partial charge in [0.1, 0.15) is 0 Å². The first kappa shape index (κ1) is 16.3. The molecular formula is C14H13N5O3S2. The minimum absolute atomic E-state index is 0.113. The molecule has 0 saturated heterocycles. The summed E-state index contributed by atoms with van der Waals surface area (Å²) in [6.07, 6.45) is 0. The number of rotatable bonds is 6. The van der Waals surface area contributed by atoms with E-state index >= 15 is 0 Å². The summed E-state index contributed by atoms with van der Waals surface area (Å²) in [6.45, 7) is 0.113. The molecule has 0 saturated carbocycles. The fourth-order valence-electron chi connectivity index (χ4n) is 1.79. The number of nitrogens with one attached hydrogen (secondary N) is 1. The average molecular weight is 363 g/mol. The van der Waals surface area contributed by atoms with Crippen molar-refractivity contribution in [3.8, 4) is 22.6 Å². The molecular weight excluding hydrogens is 350 g/mol. The van der Waals surface area contributed by atoms with Crippen LogP contribution >= 0.6 is 22.7 Å². The second-order valence-electron chi connectivity index (χ2n) is 4.42. The van der Waals surface area contributed by atoms with Crippen LogP contribution in [0.5, 0.6) is 12.0 Å². The van der Waals surface area contributed by atoms with Crippen molar-refractivity contribution < 1.29 is 14.3 Å². The summed E-state index contributed by atoms with van der Waals surface area (Å²) in [4.78, 5) is 29.6. The van der Waals surface area contributed by atoms with Crippen molar-refractivity contribution in [2.24, 2.45) is 0 Å². The lowest BCUT2D eigenvalue weighted by Gasteiger charge is -2.05. The molecule has 10 heteroatoms. The molecule has 0 aliphatic heterocycles. The molecule has 0 aliphatic carbocycles. The Bertz CT molecular complexity index is 813. The molecule has 0 radical (unpaired) electrons. The minimum Gasteiger partial charge on any atom is -0.467 e. The Balaban J connectivity index is 1.67. The Morgan fingerprint density at radius 2 is 1.88 bits per heavy atom. The Labute approximate surface area is 145 Å². The lowest BCUT2D eigenvalue weighted by atomic mass is 10.4. The van der Waals surface area contributed by atoms with Gasteiger partial charge in [0.05, 0.1) is 31.3 Å². The van der Waals surface area contributed by atoms with Crippen LogP contribution in [0.2, 0.25) is 0 Å². The van der Waals surface area contributed by atoms with Gasteiger partial charge in [0, 0.05) is 5.38 Å². The first-order valence-electron chi connectivity index (χ1n) is 6.80. The van der Waals surface area contributed by atoms with Crippen LogP contribution in [0.25, 0.3) is 10.6 Å². The first-order chi connectivity index (χ1) is 11.7. The smallest absolute Gasteiger partial charge is 0.322 e. The zero-order valence-corrected chi connectivity index (χ0v) is 14.5. The Kier molecular flexibility index (Phi) is 4.96. The zero-order valence-electron chi connectivity index (χ0n) is 12.8. The number of nitrogens with zero attached hydrogens (tertiary/aromatic N) is 4. The van der Waals surface area contributed by atoms with E-state index in [1.165, 1.54) is 25.6 Å². The molecule has 0 unspecified atom stereocenters. The van der Waals surface area contributed by atoms with E-state index in [1.54, 1.807) is 11.3 Å². The van der Waals surface area contributed by atoms with E-state index in [0.717, 1.165) is 10.6 Å². The number of amides is 1. The standard InChI is InChI=1S/C14H13N5O3S2/c1-21-13-17-10(18-14(19-13)22-2)6-15-11(20)12-16-8(7-24-12)9-4-3-5-23-9/h3-5,7H,6H2,1-2H3,(H,15,20). The summed E-state index contributed by atoms with van der Waals surface area (Å²) in [6, 6.07) is 4.16. The average Bonchev–Trinajstić information content (AvgIpc) is 3.30. The van der Waals surface area contributed by atoms with E-state index in [-0.39, 0.29) is 24.5 Å². The topological polar surface area (TPSA) is 99.1 Å². The third kappa shape index (κ3) is 3.66. The summed E-state index contributed by atoms with van der Waals surface area (Å²) >= 11 is 2.86. The van der Waals surface area contributed by atoms with Crippen LogP contribution in [0, 0.1) is 0 Å². The Morgan fingerprint density at radius 1 is 1.12 bits per heavy atom. The third-order valence-electron chi connectivity index (χ3n) is 2.88. The highest BCUT2D eigenvalue weighted by Crippen LogP contribution is 2.26. The molecule has 0 spiro atoms. The van der Waals surface area contributed by atoms with E-state index in [9.17, 15) is 4.79 Å². The van der Waals surface area contributed by atoms with Gasteiger partial charge in [0.15, 0.2) is 10.8 Å². The Morgan fingerprint density at radius 3 is 2.50 bits per heavy atom. The normalized spacial score (nSPS) is 10.4. The van der Waals surface area contributed by atoms with Gasteiger partial charge < -0.3 is 14.8 Å². The second-order valence-corrected chi connectivity index (χ2v) is 6.23. The second kappa shape index (κ2) is 7.32. The molecule has 3 heterocycles. The number of carbonyl (C=O) groups is 1. The first-order valence-corrected chi connectivity index (χ1v) is 8.56. The molecule has 124 valence electrons. The fourth-order valence-corrected chi connectivity index (χ4v) is 3.28. The predicted molar refractivity (Wildman–Crippen MR) is 89.5 cm³/mol. The van der Waals surface area contributed by atoms with Crippen molar-refractivity contribution in [1.82, 2.24) is 25.3 Å². The summed E-state index contributed by atoms with van der Waals surface area (Å²) in [5.74, 6) is 0.0447. The molecule has 1 N–H and O–H groups in total. The van der Waals surface area contributed by atoms with Crippen molar-refractivity contribution in [3.05, 3.63) is 33.7 Å². The minimum atomic E-state index is -0.291. The maximum atomic E-state index is 12.2. The summed E-state index contributed by atoms with van der Waals surface area (Å²) in [7, 11) is 2.89. The van der Waals surface area contributed by atoms with Gasteiger partial charge in [-0.05, 0) is 11.4 Å². The largest absolute Gasteiger partial charge is 0.467 e. The lowest BCUT2D eigenvalue weighted by Crippen LogP contribution is -2.24. The number of hydrogen-bond acceptors (Lipinski definition) is 9. The van der Waals surface area contributed by atoms with Gasteiger partial charge in [-0.25, -0.2) is 4.98 Å². The summed E-state index contributed by atoms with van der Waals surface area (Å²) in [5, 5.41) is 6.93. The fraction of sp³-hybridized carbons (Fsp3) is 0.214. The number of aromatic nitrogens is 4. The molecule has 3 aromatic heterocycles. The highest BCUT2D eigenvalue weighted by Gasteiger charge is 2.14. The van der Waals surface area contributed by atoms with E-state index < -0.39 is 0 Å². The monoisotopic (exact) mass is 363 g/mol. The van der Waals surface area contributed by atoms with Crippen LogP contribution in [0.3, 0.4) is 0 Å². The Hall–Kier alpha value is -2.59. The van der Waals surface area contributed by atoms with Crippen LogP contribution < -0.4 is 14.8 Å². The molecule has 1 amide bonds. The van der Waals surface area contributed by atoms with Crippen LogP contribution in [-0.2, 0) is 6.54 Å². The van der Waals surface area contributed by atoms with E-state index in [2.05, 4.69) is 25.3 Å². The highest BCUT2D eigenvalue weighted by atomic mass is 32.1. The number of ether oxygens (including phenoxy) is 2. The lowest BCUT2D eigenvalue weighted by molar-refractivity contribution is 0.0949. The SMILES string of the molecule is COc1nc(CNC(=O)c2nc(-c3cccs3)cs2)nc(OC)n1. The number of hydrogen-bond donors (Lipinski definition) is 1. The van der Waals surface area contributed by atoms with Gasteiger partial charge in [-0.15, -0.1) is 27.7 Å². The quantitative estimate of drug-likeness (QED) is 0.715. The van der Waals surface area contributed by atoms with E-state index in [1.807, 2.05) is 22.9 Å². The zero-order chi connectivity index (χ0) is 16.9. The number of thiophene rings is 1. The molecule has 0 aromatic carbocycles. The summed E-state index contributed by atoms with van der Waals surface area (Å²) < 4.78 is 9.94. The van der Waals surface area contributed by atoms with Crippen molar-refractivity contribution in [3.63, 3.8) is 0 Å². The number of thiazole rings is 1. The molecule has 8 nitrogen and oxygen atoms in total. The van der Waals surface area contributed by atoms with Gasteiger partial charge in [-0.1, -0.05) is 6.07 Å². The molecule has 24 heavy (non-hydrogen) atoms. The molecule has 0 bridgehead atoms. The number of carbonyl (C=O) groups excluding carboxylic acids is 1. The van der Waals surface area contributed by atoms with Crippen molar-refractivity contribution in [1.29, 1.82) is 0 Å². The van der Waals surface area contributed by atoms with Crippen LogP contribution in [-0.4, -0.2) is 40.1 Å². The van der Waals surface area contributed by atoms with E-state index in [0.29, 0.717) is 10.8 Å². The van der Waals surface area contributed by atoms with Gasteiger partial charge >= 0.3 is 12.0 Å². The van der Waals surface area contributed by atoms with Crippen LogP contribution in [0.15, 0.2) is 22.9 Å². The van der Waals surface area contributed by atoms with Crippen LogP contribution in [0.4, 0.5) is 0 Å². The maximum absolute atomic E-state index is 12.2. The van der Waals surface area contributed by atoms with Gasteiger partial charge in [0.2, 0.25) is 0 Å². The predicted octanol–water partition coefficient (Wildman–Crippen LogP) is 2.00. The molecule has 0 fully saturated rings. The van der Waals surface area contributed by atoms with Gasteiger partial charge in [0.25, 0.3) is 5.91 Å². The third-order valence-corrected chi connectivity index (χ3v) is 4.62. The number of methoxy groups -OCH3 is 2. The molecule has 3 rings (SSSR count). The maximum Gasteiger partial charge on any atom is 0.322 e. The van der Waals surface area contributed by atoms with Crippen molar-refractivity contribution >= 4 is 28.6 Å². The van der Waals surface area contributed by atoms with Crippen molar-refractivity contribution in [2.45, 2.75) is 6.54 Å². The van der Waals surface area contributed by atoms with Crippen LogP contribution in [0.1, 0.15) is 15.6 Å². The highest BCUT2D eigenvalue weighted by molar-refractivity contribution is 7.15. The molecule has 0 atom stereocenters. The molecule has 0 aliphatic rings. The molecule has 3 aromatic rings. The van der Waals surface area contributed by atoms with Gasteiger partial charge in [-0.3, -0.25) is 4.79 Å². The van der Waals surface area contributed by atoms with E-state index in [4.69, 9.17) is 9.47 Å².